The summed E-state index contributed by atoms with van der Waals surface area (Å²) in [6, 6.07) is 11.4. The molecule has 2 aromatic rings. The number of carbonyl (C=O) groups is 1. The zero-order valence-corrected chi connectivity index (χ0v) is 10.9. The van der Waals surface area contributed by atoms with Crippen molar-refractivity contribution in [2.75, 3.05) is 5.32 Å². The number of amides is 1. The van der Waals surface area contributed by atoms with E-state index in [1.165, 1.54) is 0 Å². The molecule has 0 saturated heterocycles. The first-order chi connectivity index (χ1) is 9.20. The van der Waals surface area contributed by atoms with Crippen LogP contribution in [-0.4, -0.2) is 10.9 Å². The molecule has 0 fully saturated rings. The molecule has 4 heteroatoms. The number of nitrogens with two attached hydrogens (primary N) is 1. The number of pyridine rings is 1. The standard InChI is InChI=1S/C15H17N3O/c1-11-14(7-4-8-17-11)18-15(19)9-12-5-2-3-6-13(12)10-16/h2-8H,9-10,16H2,1H3,(H,18,19). The Bertz CT molecular complexity index is 581. The Labute approximate surface area is 112 Å². The smallest absolute Gasteiger partial charge is 0.228 e. The molecule has 1 amide bonds. The summed E-state index contributed by atoms with van der Waals surface area (Å²) in [7, 11) is 0. The molecule has 1 aromatic heterocycles. The third kappa shape index (κ3) is 3.39. The topological polar surface area (TPSA) is 68.0 Å². The van der Waals surface area contributed by atoms with Crippen LogP contribution in [0.2, 0.25) is 0 Å². The van der Waals surface area contributed by atoms with E-state index in [2.05, 4.69) is 10.3 Å². The zero-order chi connectivity index (χ0) is 13.7. The van der Waals surface area contributed by atoms with Gasteiger partial charge in [-0.2, -0.15) is 0 Å². The minimum absolute atomic E-state index is 0.0583. The number of nitrogens with one attached hydrogen (secondary N) is 1. The average molecular weight is 255 g/mol. The summed E-state index contributed by atoms with van der Waals surface area (Å²) in [4.78, 5) is 16.2. The first kappa shape index (κ1) is 13.2. The Morgan fingerprint density at radius 1 is 1.21 bits per heavy atom. The highest BCUT2D eigenvalue weighted by molar-refractivity contribution is 5.92. The number of hydrogen-bond donors (Lipinski definition) is 2. The number of anilines is 1. The summed E-state index contributed by atoms with van der Waals surface area (Å²) < 4.78 is 0. The van der Waals surface area contributed by atoms with Gasteiger partial charge in [0.2, 0.25) is 5.91 Å². The maximum absolute atomic E-state index is 12.0. The molecule has 0 aliphatic heterocycles. The number of aryl methyl sites for hydroxylation is 1. The van der Waals surface area contributed by atoms with Gasteiger partial charge in [0, 0.05) is 12.7 Å². The molecule has 0 radical (unpaired) electrons. The highest BCUT2D eigenvalue weighted by Crippen LogP contribution is 2.13. The molecule has 1 heterocycles. The predicted molar refractivity (Wildman–Crippen MR) is 75.6 cm³/mol. The van der Waals surface area contributed by atoms with Crippen molar-refractivity contribution in [1.82, 2.24) is 4.98 Å². The number of aromatic nitrogens is 1. The van der Waals surface area contributed by atoms with E-state index in [9.17, 15) is 4.79 Å². The molecule has 0 spiro atoms. The van der Waals surface area contributed by atoms with Crippen molar-refractivity contribution in [3.05, 3.63) is 59.4 Å². The molecule has 0 bridgehead atoms. The van der Waals surface area contributed by atoms with Crippen LogP contribution < -0.4 is 11.1 Å². The van der Waals surface area contributed by atoms with Crippen molar-refractivity contribution in [2.45, 2.75) is 19.9 Å². The third-order valence-corrected chi connectivity index (χ3v) is 2.97. The minimum Gasteiger partial charge on any atom is -0.326 e. The Morgan fingerprint density at radius 3 is 2.63 bits per heavy atom. The van der Waals surface area contributed by atoms with Gasteiger partial charge in [-0.15, -0.1) is 0 Å². The van der Waals surface area contributed by atoms with E-state index in [0.29, 0.717) is 13.0 Å². The molecular weight excluding hydrogens is 238 g/mol. The van der Waals surface area contributed by atoms with Gasteiger partial charge in [-0.3, -0.25) is 9.78 Å². The summed E-state index contributed by atoms with van der Waals surface area (Å²) in [5, 5.41) is 2.87. The summed E-state index contributed by atoms with van der Waals surface area (Å²) in [6.07, 6.45) is 2.02. The van der Waals surface area contributed by atoms with Crippen molar-refractivity contribution < 1.29 is 4.79 Å². The van der Waals surface area contributed by atoms with Crippen LogP contribution in [0.5, 0.6) is 0 Å². The van der Waals surface area contributed by atoms with Gasteiger partial charge in [0.15, 0.2) is 0 Å². The van der Waals surface area contributed by atoms with Crippen molar-refractivity contribution in [2.24, 2.45) is 5.73 Å². The zero-order valence-electron chi connectivity index (χ0n) is 10.9. The normalized spacial score (nSPS) is 10.2. The molecule has 0 aliphatic carbocycles. The fraction of sp³-hybridized carbons (Fsp3) is 0.200. The van der Waals surface area contributed by atoms with E-state index in [0.717, 1.165) is 22.5 Å². The van der Waals surface area contributed by atoms with Crippen LogP contribution in [0.4, 0.5) is 5.69 Å². The number of benzene rings is 1. The van der Waals surface area contributed by atoms with Gasteiger partial charge in [0.1, 0.15) is 0 Å². The molecule has 0 saturated carbocycles. The fourth-order valence-corrected chi connectivity index (χ4v) is 1.91. The van der Waals surface area contributed by atoms with Crippen molar-refractivity contribution in [3.8, 4) is 0 Å². The Morgan fingerprint density at radius 2 is 1.95 bits per heavy atom. The highest BCUT2D eigenvalue weighted by atomic mass is 16.1. The van der Waals surface area contributed by atoms with Gasteiger partial charge in [-0.25, -0.2) is 0 Å². The lowest BCUT2D eigenvalue weighted by atomic mass is 10.0. The van der Waals surface area contributed by atoms with Crippen LogP contribution in [-0.2, 0) is 17.8 Å². The maximum Gasteiger partial charge on any atom is 0.228 e. The van der Waals surface area contributed by atoms with E-state index in [1.54, 1.807) is 12.3 Å². The van der Waals surface area contributed by atoms with Crippen molar-refractivity contribution >= 4 is 11.6 Å². The fourth-order valence-electron chi connectivity index (χ4n) is 1.91. The Balaban J connectivity index is 2.08. The molecule has 3 N–H and O–H groups in total. The number of rotatable bonds is 4. The maximum atomic E-state index is 12.0. The van der Waals surface area contributed by atoms with Crippen molar-refractivity contribution in [1.29, 1.82) is 0 Å². The van der Waals surface area contributed by atoms with E-state index < -0.39 is 0 Å². The molecule has 1 aromatic carbocycles. The Hall–Kier alpha value is -2.20. The van der Waals surface area contributed by atoms with Gasteiger partial charge < -0.3 is 11.1 Å². The first-order valence-electron chi connectivity index (χ1n) is 6.19. The van der Waals surface area contributed by atoms with E-state index in [4.69, 9.17) is 5.73 Å². The SMILES string of the molecule is Cc1ncccc1NC(=O)Cc1ccccc1CN. The molecule has 4 nitrogen and oxygen atoms in total. The predicted octanol–water partition coefficient (Wildman–Crippen LogP) is 2.03. The van der Waals surface area contributed by atoms with E-state index >= 15 is 0 Å². The average Bonchev–Trinajstić information content (AvgIpc) is 2.42. The van der Waals surface area contributed by atoms with E-state index in [-0.39, 0.29) is 5.91 Å². The number of hydrogen-bond acceptors (Lipinski definition) is 3. The molecule has 19 heavy (non-hydrogen) atoms. The second kappa shape index (κ2) is 6.11. The lowest BCUT2D eigenvalue weighted by Crippen LogP contribution is -2.17. The summed E-state index contributed by atoms with van der Waals surface area (Å²) in [5.41, 5.74) is 9.18. The van der Waals surface area contributed by atoms with Crippen LogP contribution in [0.3, 0.4) is 0 Å². The molecule has 98 valence electrons. The quantitative estimate of drug-likeness (QED) is 0.878. The van der Waals surface area contributed by atoms with Crippen LogP contribution in [0.1, 0.15) is 16.8 Å². The van der Waals surface area contributed by atoms with Crippen LogP contribution in [0, 0.1) is 6.92 Å². The van der Waals surface area contributed by atoms with E-state index in [1.807, 2.05) is 37.3 Å². The van der Waals surface area contributed by atoms with Crippen LogP contribution in [0.25, 0.3) is 0 Å². The number of nitrogens with zero attached hydrogens (tertiary/aromatic N) is 1. The van der Waals surface area contributed by atoms with Gasteiger partial charge in [0.25, 0.3) is 0 Å². The highest BCUT2D eigenvalue weighted by Gasteiger charge is 2.08. The summed E-state index contributed by atoms with van der Waals surface area (Å²) in [5.74, 6) is -0.0583. The molecule has 2 rings (SSSR count). The van der Waals surface area contributed by atoms with Crippen LogP contribution in [0.15, 0.2) is 42.6 Å². The largest absolute Gasteiger partial charge is 0.326 e. The molecule has 0 unspecified atom stereocenters. The number of carbonyl (C=O) groups excluding carboxylic acids is 1. The van der Waals surface area contributed by atoms with Gasteiger partial charge in [-0.05, 0) is 30.2 Å². The van der Waals surface area contributed by atoms with Crippen LogP contribution >= 0.6 is 0 Å². The summed E-state index contributed by atoms with van der Waals surface area (Å²) >= 11 is 0. The third-order valence-electron chi connectivity index (χ3n) is 2.97. The first-order valence-corrected chi connectivity index (χ1v) is 6.19. The Kier molecular flexibility index (Phi) is 4.26. The lowest BCUT2D eigenvalue weighted by molar-refractivity contribution is -0.115. The second-order valence-electron chi connectivity index (χ2n) is 4.33. The summed E-state index contributed by atoms with van der Waals surface area (Å²) in [6.45, 7) is 2.30. The lowest BCUT2D eigenvalue weighted by Gasteiger charge is -2.09. The van der Waals surface area contributed by atoms with Gasteiger partial charge in [0.05, 0.1) is 17.8 Å². The minimum atomic E-state index is -0.0583. The molecule has 0 atom stereocenters. The monoisotopic (exact) mass is 255 g/mol. The van der Waals surface area contributed by atoms with Crippen molar-refractivity contribution in [3.63, 3.8) is 0 Å². The molecular formula is C15H17N3O. The molecule has 0 aliphatic rings. The second-order valence-corrected chi connectivity index (χ2v) is 4.33. The van der Waals surface area contributed by atoms with Gasteiger partial charge >= 0.3 is 0 Å². The van der Waals surface area contributed by atoms with Gasteiger partial charge in [-0.1, -0.05) is 24.3 Å².